The van der Waals surface area contributed by atoms with E-state index < -0.39 is 0 Å². The van der Waals surface area contributed by atoms with E-state index in [4.69, 9.17) is 23.2 Å². The Labute approximate surface area is 148 Å². The Hall–Kier alpha value is -1.37. The van der Waals surface area contributed by atoms with Gasteiger partial charge in [0.15, 0.2) is 0 Å². The molecule has 1 N–H and O–H groups in total. The average Bonchev–Trinajstić information content (AvgIpc) is 2.92. The third-order valence-electron chi connectivity index (χ3n) is 3.67. The van der Waals surface area contributed by atoms with Crippen LogP contribution in [0.1, 0.15) is 35.3 Å². The molecular weight excluding hydrogens is 355 g/mol. The van der Waals surface area contributed by atoms with Gasteiger partial charge in [-0.1, -0.05) is 23.2 Å². The molecule has 0 saturated carbocycles. The number of carbonyl (C=O) groups is 1. The van der Waals surface area contributed by atoms with Gasteiger partial charge in [-0.15, -0.1) is 11.3 Å². The molecule has 2 aromatic heterocycles. The number of thiophene rings is 1. The van der Waals surface area contributed by atoms with Crippen molar-refractivity contribution in [1.29, 1.82) is 0 Å². The highest BCUT2D eigenvalue weighted by Gasteiger charge is 2.16. The van der Waals surface area contributed by atoms with Crippen molar-refractivity contribution in [2.75, 3.05) is 18.0 Å². The van der Waals surface area contributed by atoms with Gasteiger partial charge < -0.3 is 10.2 Å². The Bertz CT molecular complexity index is 701. The fourth-order valence-electron chi connectivity index (χ4n) is 2.49. The van der Waals surface area contributed by atoms with E-state index in [9.17, 15) is 4.79 Å². The van der Waals surface area contributed by atoms with Gasteiger partial charge in [-0.2, -0.15) is 0 Å². The first-order chi connectivity index (χ1) is 11.1. The molecule has 0 bridgehead atoms. The quantitative estimate of drug-likeness (QED) is 0.889. The Morgan fingerprint density at radius 3 is 2.78 bits per heavy atom. The Balaban J connectivity index is 1.64. The molecule has 3 heterocycles. The zero-order valence-electron chi connectivity index (χ0n) is 12.4. The van der Waals surface area contributed by atoms with Crippen molar-refractivity contribution in [2.45, 2.75) is 25.8 Å². The van der Waals surface area contributed by atoms with Crippen LogP contribution in [0.15, 0.2) is 18.3 Å². The Kier molecular flexibility index (Phi) is 5.35. The molecule has 0 aromatic carbocycles. The summed E-state index contributed by atoms with van der Waals surface area (Å²) < 4.78 is 0.888. The van der Waals surface area contributed by atoms with Crippen molar-refractivity contribution in [3.05, 3.63) is 38.3 Å². The van der Waals surface area contributed by atoms with Gasteiger partial charge in [0.1, 0.15) is 4.34 Å². The van der Waals surface area contributed by atoms with E-state index in [-0.39, 0.29) is 5.91 Å². The highest BCUT2D eigenvalue weighted by molar-refractivity contribution is 7.20. The minimum Gasteiger partial charge on any atom is -0.346 e. The first-order valence-corrected chi connectivity index (χ1v) is 9.00. The number of piperidine rings is 1. The van der Waals surface area contributed by atoms with Crippen molar-refractivity contribution < 1.29 is 4.79 Å². The lowest BCUT2D eigenvalue weighted by Gasteiger charge is -2.26. The predicted octanol–water partition coefficient (Wildman–Crippen LogP) is 3.77. The van der Waals surface area contributed by atoms with E-state index in [2.05, 4.69) is 20.2 Å². The van der Waals surface area contributed by atoms with Crippen molar-refractivity contribution in [2.24, 2.45) is 0 Å². The molecule has 0 radical (unpaired) electrons. The van der Waals surface area contributed by atoms with E-state index >= 15 is 0 Å². The number of amides is 1. The largest absolute Gasteiger partial charge is 0.346 e. The van der Waals surface area contributed by atoms with Crippen LogP contribution in [0.5, 0.6) is 0 Å². The summed E-state index contributed by atoms with van der Waals surface area (Å²) in [4.78, 5) is 23.2. The molecule has 1 amide bonds. The monoisotopic (exact) mass is 370 g/mol. The fourth-order valence-corrected chi connectivity index (χ4v) is 3.95. The zero-order valence-corrected chi connectivity index (χ0v) is 14.7. The molecule has 1 fully saturated rings. The number of hydrogen-bond donors (Lipinski definition) is 1. The SMILES string of the molecule is O=C(NCc1ccnc(N2CCCCC2)n1)c1cc(Cl)sc1Cl. The summed E-state index contributed by atoms with van der Waals surface area (Å²) in [7, 11) is 0. The average molecular weight is 371 g/mol. The van der Waals surface area contributed by atoms with Crippen LogP contribution in [-0.4, -0.2) is 29.0 Å². The van der Waals surface area contributed by atoms with Crippen LogP contribution >= 0.6 is 34.5 Å². The third-order valence-corrected chi connectivity index (χ3v) is 5.16. The molecule has 1 aliphatic heterocycles. The summed E-state index contributed by atoms with van der Waals surface area (Å²) in [5.74, 6) is 0.476. The zero-order chi connectivity index (χ0) is 16.2. The first-order valence-electron chi connectivity index (χ1n) is 7.43. The molecule has 0 atom stereocenters. The number of nitrogens with one attached hydrogen (secondary N) is 1. The lowest BCUT2D eigenvalue weighted by atomic mass is 10.1. The van der Waals surface area contributed by atoms with Crippen LogP contribution in [0.3, 0.4) is 0 Å². The topological polar surface area (TPSA) is 58.1 Å². The van der Waals surface area contributed by atoms with Gasteiger partial charge >= 0.3 is 0 Å². The standard InChI is InChI=1S/C15H16Cl2N4OS/c16-12-8-11(13(17)23-12)14(22)19-9-10-4-5-18-15(20-10)21-6-2-1-3-7-21/h4-5,8H,1-3,6-7,9H2,(H,19,22). The molecule has 5 nitrogen and oxygen atoms in total. The van der Waals surface area contributed by atoms with Crippen LogP contribution in [0.25, 0.3) is 0 Å². The van der Waals surface area contributed by atoms with Crippen molar-refractivity contribution >= 4 is 46.4 Å². The van der Waals surface area contributed by atoms with Crippen LogP contribution in [-0.2, 0) is 6.54 Å². The smallest absolute Gasteiger partial charge is 0.254 e. The molecule has 0 aliphatic carbocycles. The van der Waals surface area contributed by atoms with E-state index in [1.165, 1.54) is 30.6 Å². The second kappa shape index (κ2) is 7.47. The number of aromatic nitrogens is 2. The number of rotatable bonds is 4. The number of halogens is 2. The molecule has 2 aromatic rings. The van der Waals surface area contributed by atoms with Gasteiger partial charge in [-0.05, 0) is 31.4 Å². The maximum absolute atomic E-state index is 12.1. The molecule has 0 spiro atoms. The van der Waals surface area contributed by atoms with Gasteiger partial charge in [0, 0.05) is 19.3 Å². The van der Waals surface area contributed by atoms with Gasteiger partial charge in [-0.3, -0.25) is 4.79 Å². The number of hydrogen-bond acceptors (Lipinski definition) is 5. The number of carbonyl (C=O) groups excluding carboxylic acids is 1. The summed E-state index contributed by atoms with van der Waals surface area (Å²) in [6.07, 6.45) is 5.33. The van der Waals surface area contributed by atoms with Gasteiger partial charge in [0.2, 0.25) is 5.95 Å². The van der Waals surface area contributed by atoms with E-state index in [0.717, 1.165) is 24.7 Å². The third kappa shape index (κ3) is 4.13. The molecule has 1 aliphatic rings. The van der Waals surface area contributed by atoms with Crippen molar-refractivity contribution in [1.82, 2.24) is 15.3 Å². The van der Waals surface area contributed by atoms with Crippen LogP contribution < -0.4 is 10.2 Å². The summed E-state index contributed by atoms with van der Waals surface area (Å²) in [6.45, 7) is 2.30. The Morgan fingerprint density at radius 1 is 1.30 bits per heavy atom. The fraction of sp³-hybridized carbons (Fsp3) is 0.400. The highest BCUT2D eigenvalue weighted by atomic mass is 35.5. The molecule has 3 rings (SSSR count). The second-order valence-electron chi connectivity index (χ2n) is 5.32. The van der Waals surface area contributed by atoms with E-state index in [1.807, 2.05) is 0 Å². The highest BCUT2D eigenvalue weighted by Crippen LogP contribution is 2.31. The maximum Gasteiger partial charge on any atom is 0.254 e. The molecule has 122 valence electrons. The minimum absolute atomic E-state index is 0.253. The van der Waals surface area contributed by atoms with Gasteiger partial charge in [0.05, 0.1) is 22.1 Å². The van der Waals surface area contributed by atoms with Crippen molar-refractivity contribution in [3.63, 3.8) is 0 Å². The van der Waals surface area contributed by atoms with Gasteiger partial charge in [0.25, 0.3) is 5.91 Å². The normalized spacial score (nSPS) is 14.8. The predicted molar refractivity (Wildman–Crippen MR) is 93.6 cm³/mol. The molecule has 1 saturated heterocycles. The Morgan fingerprint density at radius 2 is 2.09 bits per heavy atom. The summed E-state index contributed by atoms with van der Waals surface area (Å²) >= 11 is 13.0. The lowest BCUT2D eigenvalue weighted by molar-refractivity contribution is 0.0951. The van der Waals surface area contributed by atoms with Crippen LogP contribution in [0, 0.1) is 0 Å². The second-order valence-corrected chi connectivity index (χ2v) is 7.60. The first kappa shape index (κ1) is 16.5. The molecular formula is C15H16Cl2N4OS. The summed E-state index contributed by atoms with van der Waals surface area (Å²) in [5, 5.41) is 2.82. The summed E-state index contributed by atoms with van der Waals surface area (Å²) in [6, 6.07) is 3.37. The molecule has 8 heteroatoms. The minimum atomic E-state index is -0.253. The van der Waals surface area contributed by atoms with E-state index in [0.29, 0.717) is 20.8 Å². The van der Waals surface area contributed by atoms with Gasteiger partial charge in [-0.25, -0.2) is 9.97 Å². The van der Waals surface area contributed by atoms with Crippen LogP contribution in [0.4, 0.5) is 5.95 Å². The lowest BCUT2D eigenvalue weighted by Crippen LogP contribution is -2.31. The van der Waals surface area contributed by atoms with Crippen LogP contribution in [0.2, 0.25) is 8.67 Å². The number of anilines is 1. The molecule has 23 heavy (non-hydrogen) atoms. The maximum atomic E-state index is 12.1. The summed E-state index contributed by atoms with van der Waals surface area (Å²) in [5.41, 5.74) is 1.17. The number of nitrogens with zero attached hydrogens (tertiary/aromatic N) is 3. The molecule has 0 unspecified atom stereocenters. The van der Waals surface area contributed by atoms with E-state index in [1.54, 1.807) is 18.3 Å². The van der Waals surface area contributed by atoms with Crippen molar-refractivity contribution in [3.8, 4) is 0 Å².